The molecule has 0 bridgehead atoms. The lowest BCUT2D eigenvalue weighted by Crippen LogP contribution is -2.04. The summed E-state index contributed by atoms with van der Waals surface area (Å²) in [6, 6.07) is 2.09. The van der Waals surface area contributed by atoms with Crippen molar-refractivity contribution in [1.29, 1.82) is 5.26 Å². The first-order chi connectivity index (χ1) is 6.36. The smallest absolute Gasteiger partial charge is 0.193 e. The van der Waals surface area contributed by atoms with E-state index in [1.807, 2.05) is 13.0 Å². The van der Waals surface area contributed by atoms with Crippen LogP contribution < -0.4 is 0 Å². The van der Waals surface area contributed by atoms with E-state index in [0.717, 1.165) is 0 Å². The summed E-state index contributed by atoms with van der Waals surface area (Å²) < 4.78 is 5.19. The third-order valence-electron chi connectivity index (χ3n) is 2.45. The van der Waals surface area contributed by atoms with Gasteiger partial charge in [-0.25, -0.2) is 0 Å². The summed E-state index contributed by atoms with van der Waals surface area (Å²) in [5, 5.41) is 8.74. The second-order valence-electron chi connectivity index (χ2n) is 3.47. The molecule has 0 aromatic rings. The van der Waals surface area contributed by atoms with Crippen LogP contribution in [-0.2, 0) is 4.74 Å². The molecule has 0 amide bonds. The Morgan fingerprint density at radius 3 is 2.69 bits per heavy atom. The molecule has 0 N–H and O–H groups in total. The van der Waals surface area contributed by atoms with E-state index in [1.54, 1.807) is 0 Å². The average Bonchev–Trinajstić information content (AvgIpc) is 2.19. The zero-order valence-corrected chi connectivity index (χ0v) is 8.25. The quantitative estimate of drug-likeness (QED) is 0.493. The molecule has 0 saturated heterocycles. The van der Waals surface area contributed by atoms with Gasteiger partial charge in [-0.3, -0.25) is 0 Å². The zero-order valence-electron chi connectivity index (χ0n) is 8.25. The molecule has 1 fully saturated rings. The molecule has 1 saturated carbocycles. The summed E-state index contributed by atoms with van der Waals surface area (Å²) in [5.41, 5.74) is 0. The Labute approximate surface area is 80.2 Å². The molecule has 1 aliphatic carbocycles. The van der Waals surface area contributed by atoms with Gasteiger partial charge in [0.15, 0.2) is 5.76 Å². The van der Waals surface area contributed by atoms with E-state index in [0.29, 0.717) is 18.3 Å². The highest BCUT2D eigenvalue weighted by Gasteiger charge is 2.12. The number of nitrogens with zero attached hydrogens (tertiary/aromatic N) is 1. The summed E-state index contributed by atoms with van der Waals surface area (Å²) in [6.45, 7) is 2.50. The van der Waals surface area contributed by atoms with Crippen LogP contribution in [0.5, 0.6) is 0 Å². The minimum atomic E-state index is 0.509. The fraction of sp³-hybridized carbons (Fsp3) is 0.727. The highest BCUT2D eigenvalue weighted by atomic mass is 16.5. The number of nitriles is 1. The van der Waals surface area contributed by atoms with Gasteiger partial charge in [-0.2, -0.15) is 5.26 Å². The van der Waals surface area contributed by atoms with Gasteiger partial charge in [0.05, 0.1) is 6.61 Å². The molecule has 0 aromatic carbocycles. The molecular weight excluding hydrogens is 162 g/mol. The molecule has 0 spiro atoms. The van der Waals surface area contributed by atoms with Crippen molar-refractivity contribution in [3.8, 4) is 6.07 Å². The van der Waals surface area contributed by atoms with Crippen molar-refractivity contribution in [3.05, 3.63) is 11.8 Å². The standard InChI is InChI=1S/C11H17NO/c1-2-13-11(9-12)8-10-6-4-3-5-7-10/h8,10H,2-7H2,1H3/b11-8+. The predicted octanol–water partition coefficient (Wildman–Crippen LogP) is 3.01. The molecule has 0 aliphatic heterocycles. The normalized spacial score (nSPS) is 19.5. The number of hydrogen-bond acceptors (Lipinski definition) is 2. The van der Waals surface area contributed by atoms with Crippen LogP contribution in [0.4, 0.5) is 0 Å². The van der Waals surface area contributed by atoms with Crippen LogP contribution in [0.25, 0.3) is 0 Å². The Kier molecular flexibility index (Phi) is 4.39. The van der Waals surface area contributed by atoms with Crippen molar-refractivity contribution in [2.24, 2.45) is 5.92 Å². The number of rotatable bonds is 3. The van der Waals surface area contributed by atoms with E-state index in [-0.39, 0.29) is 0 Å². The first-order valence-electron chi connectivity index (χ1n) is 5.11. The maximum Gasteiger partial charge on any atom is 0.193 e. The van der Waals surface area contributed by atoms with Crippen molar-refractivity contribution in [2.75, 3.05) is 6.61 Å². The van der Waals surface area contributed by atoms with E-state index in [2.05, 4.69) is 6.07 Å². The van der Waals surface area contributed by atoms with Gasteiger partial charge < -0.3 is 4.74 Å². The van der Waals surface area contributed by atoms with E-state index in [1.165, 1.54) is 32.1 Å². The summed E-state index contributed by atoms with van der Waals surface area (Å²) in [5.74, 6) is 1.09. The fourth-order valence-electron chi connectivity index (χ4n) is 1.79. The molecule has 0 atom stereocenters. The summed E-state index contributed by atoms with van der Waals surface area (Å²) in [4.78, 5) is 0. The van der Waals surface area contributed by atoms with Gasteiger partial charge in [0.2, 0.25) is 0 Å². The van der Waals surface area contributed by atoms with Gasteiger partial charge >= 0.3 is 0 Å². The molecule has 0 aromatic heterocycles. The molecular formula is C11H17NO. The lowest BCUT2D eigenvalue weighted by molar-refractivity contribution is 0.240. The lowest BCUT2D eigenvalue weighted by Gasteiger charge is -2.18. The van der Waals surface area contributed by atoms with Gasteiger partial charge in [-0.1, -0.05) is 19.3 Å². The van der Waals surface area contributed by atoms with Crippen LogP contribution in [0.1, 0.15) is 39.0 Å². The minimum Gasteiger partial charge on any atom is -0.484 e. The molecule has 0 radical (unpaired) electrons. The molecule has 1 rings (SSSR count). The summed E-state index contributed by atoms with van der Waals surface area (Å²) in [6.07, 6.45) is 8.39. The topological polar surface area (TPSA) is 33.0 Å². The molecule has 72 valence electrons. The molecule has 1 aliphatic rings. The molecule has 2 nitrogen and oxygen atoms in total. The Hall–Kier alpha value is -0.970. The Morgan fingerprint density at radius 1 is 1.46 bits per heavy atom. The zero-order chi connectivity index (χ0) is 9.52. The Balaban J connectivity index is 2.45. The number of allylic oxidation sites excluding steroid dienone is 2. The van der Waals surface area contributed by atoms with Gasteiger partial charge in [0.1, 0.15) is 6.07 Å². The molecule has 2 heteroatoms. The first kappa shape index (κ1) is 10.1. The molecule has 0 heterocycles. The van der Waals surface area contributed by atoms with E-state index in [4.69, 9.17) is 10.00 Å². The second-order valence-corrected chi connectivity index (χ2v) is 3.47. The monoisotopic (exact) mass is 179 g/mol. The Morgan fingerprint density at radius 2 is 2.15 bits per heavy atom. The van der Waals surface area contributed by atoms with Crippen LogP contribution in [0.15, 0.2) is 11.8 Å². The van der Waals surface area contributed by atoms with Crippen LogP contribution in [0, 0.1) is 17.2 Å². The van der Waals surface area contributed by atoms with Gasteiger partial charge in [0, 0.05) is 0 Å². The summed E-state index contributed by atoms with van der Waals surface area (Å²) >= 11 is 0. The van der Waals surface area contributed by atoms with Crippen molar-refractivity contribution in [1.82, 2.24) is 0 Å². The lowest BCUT2D eigenvalue weighted by atomic mass is 9.89. The third kappa shape index (κ3) is 3.50. The van der Waals surface area contributed by atoms with E-state index < -0.39 is 0 Å². The predicted molar refractivity (Wildman–Crippen MR) is 51.9 cm³/mol. The number of hydrogen-bond donors (Lipinski definition) is 0. The van der Waals surface area contributed by atoms with Crippen LogP contribution in [0.2, 0.25) is 0 Å². The maximum atomic E-state index is 8.74. The van der Waals surface area contributed by atoms with Crippen LogP contribution in [0.3, 0.4) is 0 Å². The van der Waals surface area contributed by atoms with Crippen LogP contribution >= 0.6 is 0 Å². The maximum absolute atomic E-state index is 8.74. The fourth-order valence-corrected chi connectivity index (χ4v) is 1.79. The average molecular weight is 179 g/mol. The molecule has 0 unspecified atom stereocenters. The third-order valence-corrected chi connectivity index (χ3v) is 2.45. The van der Waals surface area contributed by atoms with Crippen molar-refractivity contribution < 1.29 is 4.74 Å². The minimum absolute atomic E-state index is 0.509. The molecule has 13 heavy (non-hydrogen) atoms. The SMILES string of the molecule is CCO/C(C#N)=C/C1CCCCC1. The van der Waals surface area contributed by atoms with Crippen molar-refractivity contribution in [3.63, 3.8) is 0 Å². The van der Waals surface area contributed by atoms with E-state index >= 15 is 0 Å². The van der Waals surface area contributed by atoms with Crippen molar-refractivity contribution in [2.45, 2.75) is 39.0 Å². The van der Waals surface area contributed by atoms with Crippen molar-refractivity contribution >= 4 is 0 Å². The highest BCUT2D eigenvalue weighted by Crippen LogP contribution is 2.25. The highest BCUT2D eigenvalue weighted by molar-refractivity contribution is 5.14. The second kappa shape index (κ2) is 5.64. The number of ether oxygens (including phenoxy) is 1. The summed E-state index contributed by atoms with van der Waals surface area (Å²) in [7, 11) is 0. The van der Waals surface area contributed by atoms with Gasteiger partial charge in [0.25, 0.3) is 0 Å². The van der Waals surface area contributed by atoms with E-state index in [9.17, 15) is 0 Å². The largest absolute Gasteiger partial charge is 0.484 e. The van der Waals surface area contributed by atoms with Crippen LogP contribution in [-0.4, -0.2) is 6.61 Å². The first-order valence-corrected chi connectivity index (χ1v) is 5.11. The van der Waals surface area contributed by atoms with Gasteiger partial charge in [-0.15, -0.1) is 0 Å². The van der Waals surface area contributed by atoms with Gasteiger partial charge in [-0.05, 0) is 31.8 Å². The Bertz CT molecular complexity index is 209.